The highest BCUT2D eigenvalue weighted by atomic mass is 16.5. The van der Waals surface area contributed by atoms with E-state index in [1.54, 1.807) is 36.4 Å². The molecule has 144 valence electrons. The molecule has 3 rings (SSSR count). The van der Waals surface area contributed by atoms with Gasteiger partial charge in [-0.3, -0.25) is 4.79 Å². The number of carbonyl (C=O) groups is 2. The zero-order chi connectivity index (χ0) is 20.6. The van der Waals surface area contributed by atoms with Crippen molar-refractivity contribution in [2.24, 2.45) is 0 Å². The Bertz CT molecular complexity index is 1020. The first kappa shape index (κ1) is 19.8. The van der Waals surface area contributed by atoms with Crippen LogP contribution in [0.3, 0.4) is 0 Å². The second-order valence-electron chi connectivity index (χ2n) is 6.51. The van der Waals surface area contributed by atoms with Crippen molar-refractivity contribution in [1.29, 1.82) is 5.26 Å². The summed E-state index contributed by atoms with van der Waals surface area (Å²) in [6.45, 7) is 0. The number of hydrogen-bond donors (Lipinski definition) is 1. The lowest BCUT2D eigenvalue weighted by Gasteiger charge is -2.17. The minimum Gasteiger partial charge on any atom is -0.467 e. The summed E-state index contributed by atoms with van der Waals surface area (Å²) in [4.78, 5) is 24.8. The Balaban J connectivity index is 1.72. The molecule has 0 radical (unpaired) electrons. The van der Waals surface area contributed by atoms with Gasteiger partial charge in [-0.15, -0.1) is 0 Å². The molecule has 0 aliphatic rings. The molecule has 0 aliphatic carbocycles. The Morgan fingerprint density at radius 1 is 0.931 bits per heavy atom. The molecule has 1 atom stereocenters. The van der Waals surface area contributed by atoms with Gasteiger partial charge in [-0.1, -0.05) is 54.6 Å². The van der Waals surface area contributed by atoms with Crippen LogP contribution in [-0.4, -0.2) is 25.0 Å². The van der Waals surface area contributed by atoms with Gasteiger partial charge in [0.1, 0.15) is 6.04 Å². The Morgan fingerprint density at radius 3 is 2.14 bits per heavy atom. The number of ether oxygens (including phenoxy) is 1. The first-order valence-corrected chi connectivity index (χ1v) is 9.14. The van der Waals surface area contributed by atoms with Gasteiger partial charge in [0.05, 0.1) is 18.7 Å². The summed E-state index contributed by atoms with van der Waals surface area (Å²) in [5.41, 5.74) is 3.88. The van der Waals surface area contributed by atoms with Gasteiger partial charge in [0, 0.05) is 12.0 Å². The third kappa shape index (κ3) is 5.08. The van der Waals surface area contributed by atoms with Crippen LogP contribution in [0, 0.1) is 11.3 Å². The average Bonchev–Trinajstić information content (AvgIpc) is 2.79. The highest BCUT2D eigenvalue weighted by Crippen LogP contribution is 2.19. The van der Waals surface area contributed by atoms with E-state index >= 15 is 0 Å². The van der Waals surface area contributed by atoms with Gasteiger partial charge in [0.15, 0.2) is 0 Å². The molecule has 0 saturated heterocycles. The fourth-order valence-electron chi connectivity index (χ4n) is 2.97. The quantitative estimate of drug-likeness (QED) is 0.657. The largest absolute Gasteiger partial charge is 0.467 e. The lowest BCUT2D eigenvalue weighted by Crippen LogP contribution is -2.43. The molecule has 0 aromatic heterocycles. The number of carbonyl (C=O) groups excluding carboxylic acids is 2. The molecule has 0 fully saturated rings. The number of hydrogen-bond acceptors (Lipinski definition) is 4. The summed E-state index contributed by atoms with van der Waals surface area (Å²) in [5.74, 6) is -0.878. The first-order chi connectivity index (χ1) is 14.1. The molecule has 5 nitrogen and oxygen atoms in total. The number of esters is 1. The van der Waals surface area contributed by atoms with Crippen LogP contribution < -0.4 is 5.32 Å². The number of nitriles is 1. The second-order valence-corrected chi connectivity index (χ2v) is 6.51. The molecule has 29 heavy (non-hydrogen) atoms. The predicted octanol–water partition coefficient (Wildman–Crippen LogP) is 3.74. The molecule has 0 heterocycles. The average molecular weight is 384 g/mol. The van der Waals surface area contributed by atoms with E-state index in [0.717, 1.165) is 16.7 Å². The van der Waals surface area contributed by atoms with Crippen molar-refractivity contribution in [3.8, 4) is 17.2 Å². The maximum Gasteiger partial charge on any atom is 0.328 e. The van der Waals surface area contributed by atoms with E-state index in [-0.39, 0.29) is 12.3 Å². The van der Waals surface area contributed by atoms with Crippen LogP contribution in [0.25, 0.3) is 11.1 Å². The van der Waals surface area contributed by atoms with Crippen molar-refractivity contribution in [3.63, 3.8) is 0 Å². The number of nitrogens with zero attached hydrogens (tertiary/aromatic N) is 1. The van der Waals surface area contributed by atoms with Crippen molar-refractivity contribution in [1.82, 2.24) is 5.32 Å². The van der Waals surface area contributed by atoms with Crippen LogP contribution in [-0.2, 0) is 16.0 Å². The fraction of sp³-hybridized carbons (Fsp3) is 0.125. The Morgan fingerprint density at radius 2 is 1.55 bits per heavy atom. The second kappa shape index (κ2) is 9.34. The van der Waals surface area contributed by atoms with Crippen LogP contribution in [0.5, 0.6) is 0 Å². The van der Waals surface area contributed by atoms with E-state index < -0.39 is 12.0 Å². The summed E-state index contributed by atoms with van der Waals surface area (Å²) in [7, 11) is 1.29. The van der Waals surface area contributed by atoms with Gasteiger partial charge in [-0.25, -0.2) is 4.79 Å². The molecule has 1 amide bonds. The maximum absolute atomic E-state index is 12.7. The monoisotopic (exact) mass is 384 g/mol. The van der Waals surface area contributed by atoms with E-state index in [1.807, 2.05) is 42.5 Å². The minimum atomic E-state index is -0.825. The molecule has 0 bridgehead atoms. The summed E-state index contributed by atoms with van der Waals surface area (Å²) in [6.07, 6.45) is 0.270. The molecule has 0 unspecified atom stereocenters. The lowest BCUT2D eigenvalue weighted by atomic mass is 10.0. The van der Waals surface area contributed by atoms with E-state index in [2.05, 4.69) is 11.4 Å². The maximum atomic E-state index is 12.7. The predicted molar refractivity (Wildman–Crippen MR) is 110 cm³/mol. The normalized spacial score (nSPS) is 11.2. The topological polar surface area (TPSA) is 79.2 Å². The van der Waals surface area contributed by atoms with Gasteiger partial charge in [0.25, 0.3) is 5.91 Å². The van der Waals surface area contributed by atoms with Gasteiger partial charge >= 0.3 is 5.97 Å². The highest BCUT2D eigenvalue weighted by molar-refractivity contribution is 5.97. The van der Waals surface area contributed by atoms with Crippen molar-refractivity contribution in [2.45, 2.75) is 12.5 Å². The molecule has 3 aromatic carbocycles. The fourth-order valence-corrected chi connectivity index (χ4v) is 2.97. The van der Waals surface area contributed by atoms with Gasteiger partial charge in [0.2, 0.25) is 0 Å². The summed E-state index contributed by atoms with van der Waals surface area (Å²) >= 11 is 0. The lowest BCUT2D eigenvalue weighted by molar-refractivity contribution is -0.142. The SMILES string of the molecule is COC(=O)[C@H](Cc1ccc(C#N)cc1)NC(=O)c1ccc(-c2ccccc2)cc1. The van der Waals surface area contributed by atoms with E-state index in [1.165, 1.54) is 7.11 Å². The standard InChI is InChI=1S/C24H20N2O3/c1-29-24(28)22(15-17-7-9-18(16-25)10-8-17)26-23(27)21-13-11-20(12-14-21)19-5-3-2-4-6-19/h2-14,22H,15H2,1H3,(H,26,27)/t22-/m0/s1. The smallest absolute Gasteiger partial charge is 0.328 e. The molecule has 0 saturated carbocycles. The van der Waals surface area contributed by atoms with Crippen molar-refractivity contribution < 1.29 is 14.3 Å². The zero-order valence-corrected chi connectivity index (χ0v) is 16.0. The number of nitrogens with one attached hydrogen (secondary N) is 1. The number of methoxy groups -OCH3 is 1. The number of benzene rings is 3. The molecular formula is C24H20N2O3. The van der Waals surface area contributed by atoms with Crippen molar-refractivity contribution in [3.05, 3.63) is 95.6 Å². The van der Waals surface area contributed by atoms with Crippen LogP contribution in [0.1, 0.15) is 21.5 Å². The van der Waals surface area contributed by atoms with Crippen molar-refractivity contribution >= 4 is 11.9 Å². The van der Waals surface area contributed by atoms with Crippen LogP contribution in [0.2, 0.25) is 0 Å². The van der Waals surface area contributed by atoms with Gasteiger partial charge < -0.3 is 10.1 Å². The van der Waals surface area contributed by atoms with Gasteiger partial charge in [-0.2, -0.15) is 5.26 Å². The van der Waals surface area contributed by atoms with Crippen molar-refractivity contribution in [2.75, 3.05) is 7.11 Å². The third-order valence-electron chi connectivity index (χ3n) is 4.57. The number of rotatable bonds is 6. The molecule has 1 N–H and O–H groups in total. The van der Waals surface area contributed by atoms with E-state index in [0.29, 0.717) is 11.1 Å². The van der Waals surface area contributed by atoms with Crippen LogP contribution in [0.15, 0.2) is 78.9 Å². The first-order valence-electron chi connectivity index (χ1n) is 9.14. The molecule has 0 spiro atoms. The molecule has 5 heteroatoms. The number of amides is 1. The van der Waals surface area contributed by atoms with Crippen LogP contribution in [0.4, 0.5) is 0 Å². The van der Waals surface area contributed by atoms with Gasteiger partial charge in [-0.05, 0) is 41.0 Å². The Labute approximate surface area is 169 Å². The molecule has 0 aliphatic heterocycles. The summed E-state index contributed by atoms with van der Waals surface area (Å²) in [5, 5.41) is 11.6. The van der Waals surface area contributed by atoms with Crippen LogP contribution >= 0.6 is 0 Å². The Kier molecular flexibility index (Phi) is 6.39. The summed E-state index contributed by atoms with van der Waals surface area (Å²) in [6, 6.07) is 25.2. The Hall–Kier alpha value is -3.91. The molecule has 3 aromatic rings. The third-order valence-corrected chi connectivity index (χ3v) is 4.57. The minimum absolute atomic E-state index is 0.270. The summed E-state index contributed by atoms with van der Waals surface area (Å²) < 4.78 is 4.84. The highest BCUT2D eigenvalue weighted by Gasteiger charge is 2.22. The molecular weight excluding hydrogens is 364 g/mol. The zero-order valence-electron chi connectivity index (χ0n) is 16.0. The van der Waals surface area contributed by atoms with E-state index in [4.69, 9.17) is 10.00 Å². The van der Waals surface area contributed by atoms with E-state index in [9.17, 15) is 9.59 Å².